The minimum absolute atomic E-state index is 0.127. The summed E-state index contributed by atoms with van der Waals surface area (Å²) in [6, 6.07) is 29.6. The smallest absolute Gasteiger partial charge is 0.227 e. The number of carbonyl (C=O) groups excluding carboxylic acids is 1. The minimum Gasteiger partial charge on any atom is -0.395 e. The summed E-state index contributed by atoms with van der Waals surface area (Å²) in [6.45, 7) is 2.70. The monoisotopic (exact) mass is 440 g/mol. The van der Waals surface area contributed by atoms with Crippen LogP contribution < -0.4 is 0 Å². The van der Waals surface area contributed by atoms with Crippen LogP contribution in [0.5, 0.6) is 0 Å². The van der Waals surface area contributed by atoms with Crippen molar-refractivity contribution in [1.82, 2.24) is 9.80 Å². The fourth-order valence-electron chi connectivity index (χ4n) is 5.58. The van der Waals surface area contributed by atoms with E-state index in [1.54, 1.807) is 0 Å². The lowest BCUT2D eigenvalue weighted by molar-refractivity contribution is -0.135. The second-order valence-electron chi connectivity index (χ2n) is 9.28. The van der Waals surface area contributed by atoms with Gasteiger partial charge in [-0.05, 0) is 41.6 Å². The summed E-state index contributed by atoms with van der Waals surface area (Å²) in [5, 5.41) is 10.2. The molecule has 4 nitrogen and oxygen atoms in total. The van der Waals surface area contributed by atoms with Crippen LogP contribution in [0.25, 0.3) is 11.1 Å². The van der Waals surface area contributed by atoms with Gasteiger partial charge in [-0.3, -0.25) is 9.69 Å². The van der Waals surface area contributed by atoms with Crippen molar-refractivity contribution in [2.45, 2.75) is 37.3 Å². The summed E-state index contributed by atoms with van der Waals surface area (Å²) in [6.07, 6.45) is 2.52. The predicted molar refractivity (Wildman–Crippen MR) is 132 cm³/mol. The molecule has 5 rings (SSSR count). The summed E-state index contributed by atoms with van der Waals surface area (Å²) >= 11 is 0. The molecule has 0 saturated carbocycles. The van der Waals surface area contributed by atoms with Crippen molar-refractivity contribution in [2.24, 2.45) is 0 Å². The number of aliphatic hydroxyl groups is 1. The maximum Gasteiger partial charge on any atom is 0.227 e. The molecular weight excluding hydrogens is 408 g/mol. The molecule has 33 heavy (non-hydrogen) atoms. The topological polar surface area (TPSA) is 43.8 Å². The van der Waals surface area contributed by atoms with Gasteiger partial charge in [-0.25, -0.2) is 0 Å². The van der Waals surface area contributed by atoms with Crippen LogP contribution in [0.2, 0.25) is 0 Å². The average molecular weight is 441 g/mol. The lowest BCUT2D eigenvalue weighted by Crippen LogP contribution is -2.68. The van der Waals surface area contributed by atoms with E-state index in [-0.39, 0.29) is 30.5 Å². The van der Waals surface area contributed by atoms with Crippen LogP contribution in [0, 0.1) is 0 Å². The largest absolute Gasteiger partial charge is 0.395 e. The van der Waals surface area contributed by atoms with E-state index in [4.69, 9.17) is 0 Å². The third-order valence-electron chi connectivity index (χ3n) is 7.32. The van der Waals surface area contributed by atoms with Crippen LogP contribution in [-0.4, -0.2) is 59.1 Å². The average Bonchev–Trinajstić information content (AvgIpc) is 2.84. The molecule has 2 aliphatic rings. The third kappa shape index (κ3) is 4.59. The summed E-state index contributed by atoms with van der Waals surface area (Å²) < 4.78 is 0. The molecule has 2 fully saturated rings. The molecule has 0 bridgehead atoms. The number of aliphatic hydroxyl groups excluding tert-OH is 1. The Morgan fingerprint density at radius 3 is 2.15 bits per heavy atom. The standard InChI is InChI=1S/C29H32N2O2/c32-21-27-29(25-15-13-24(14-16-25)23-11-5-2-6-12-23)26-20-30(17-7-8-18-31(26)27)28(33)19-22-9-3-1-4-10-22/h1-6,9-16,26-27,29,32H,7-8,17-21H2/t26-,27-,29-/m1/s1. The molecule has 0 aliphatic carbocycles. The first-order valence-electron chi connectivity index (χ1n) is 12.1. The lowest BCUT2D eigenvalue weighted by Gasteiger charge is -2.57. The first-order chi connectivity index (χ1) is 16.2. The summed E-state index contributed by atoms with van der Waals surface area (Å²) in [5.41, 5.74) is 4.73. The molecule has 0 unspecified atom stereocenters. The number of benzene rings is 3. The molecule has 3 atom stereocenters. The van der Waals surface area contributed by atoms with Gasteiger partial charge >= 0.3 is 0 Å². The summed E-state index contributed by atoms with van der Waals surface area (Å²) in [5.74, 6) is 0.443. The van der Waals surface area contributed by atoms with Gasteiger partial charge in [0, 0.05) is 31.1 Å². The Labute approximate surface area is 196 Å². The van der Waals surface area contributed by atoms with Crippen LogP contribution >= 0.6 is 0 Å². The molecule has 1 amide bonds. The van der Waals surface area contributed by atoms with Crippen molar-refractivity contribution in [3.05, 3.63) is 96.1 Å². The Morgan fingerprint density at radius 2 is 1.45 bits per heavy atom. The van der Waals surface area contributed by atoms with E-state index in [9.17, 15) is 9.90 Å². The zero-order valence-electron chi connectivity index (χ0n) is 19.0. The van der Waals surface area contributed by atoms with E-state index < -0.39 is 0 Å². The van der Waals surface area contributed by atoms with E-state index in [2.05, 4.69) is 58.3 Å². The second kappa shape index (κ2) is 9.90. The normalized spacial score (nSPS) is 23.2. The predicted octanol–water partition coefficient (Wildman–Crippen LogP) is 4.35. The highest BCUT2D eigenvalue weighted by Gasteiger charge is 2.49. The fourth-order valence-corrected chi connectivity index (χ4v) is 5.58. The molecule has 2 saturated heterocycles. The number of fused-ring (bicyclic) bond motifs is 1. The molecule has 4 heteroatoms. The van der Waals surface area contributed by atoms with Gasteiger partial charge in [0.1, 0.15) is 0 Å². The van der Waals surface area contributed by atoms with Crippen molar-refractivity contribution in [1.29, 1.82) is 0 Å². The van der Waals surface area contributed by atoms with Gasteiger partial charge in [0.2, 0.25) is 5.91 Å². The maximum atomic E-state index is 13.2. The highest BCUT2D eigenvalue weighted by molar-refractivity contribution is 5.79. The van der Waals surface area contributed by atoms with E-state index in [1.165, 1.54) is 16.7 Å². The Bertz CT molecular complexity index is 1050. The van der Waals surface area contributed by atoms with Gasteiger partial charge in [0.25, 0.3) is 0 Å². The molecule has 0 spiro atoms. The molecule has 2 aliphatic heterocycles. The zero-order chi connectivity index (χ0) is 22.6. The minimum atomic E-state index is 0.127. The number of nitrogens with zero attached hydrogens (tertiary/aromatic N) is 2. The van der Waals surface area contributed by atoms with E-state index in [0.717, 1.165) is 38.0 Å². The SMILES string of the molecule is O=C(Cc1ccccc1)N1CCCCN2[C@H](CO)[C@H](c3ccc(-c4ccccc4)cc3)[C@H]2C1. The Hall–Kier alpha value is -2.95. The van der Waals surface area contributed by atoms with Gasteiger partial charge in [0.15, 0.2) is 0 Å². The molecule has 170 valence electrons. The van der Waals surface area contributed by atoms with Gasteiger partial charge in [-0.15, -0.1) is 0 Å². The Morgan fingerprint density at radius 1 is 0.818 bits per heavy atom. The first kappa shape index (κ1) is 21.9. The van der Waals surface area contributed by atoms with Gasteiger partial charge in [0.05, 0.1) is 13.0 Å². The highest BCUT2D eigenvalue weighted by Crippen LogP contribution is 2.42. The van der Waals surface area contributed by atoms with E-state index in [0.29, 0.717) is 6.42 Å². The molecular formula is C29H32N2O2. The molecule has 3 aromatic carbocycles. The fraction of sp³-hybridized carbons (Fsp3) is 0.345. The number of hydrogen-bond donors (Lipinski definition) is 1. The van der Waals surface area contributed by atoms with Crippen molar-refractivity contribution in [3.63, 3.8) is 0 Å². The number of carbonyl (C=O) groups is 1. The molecule has 2 heterocycles. The van der Waals surface area contributed by atoms with Crippen molar-refractivity contribution in [3.8, 4) is 11.1 Å². The van der Waals surface area contributed by atoms with Crippen LogP contribution in [0.1, 0.15) is 29.9 Å². The number of amides is 1. The summed E-state index contributed by atoms with van der Waals surface area (Å²) in [4.78, 5) is 17.6. The van der Waals surface area contributed by atoms with Crippen LogP contribution in [0.4, 0.5) is 0 Å². The van der Waals surface area contributed by atoms with Crippen LogP contribution in [0.3, 0.4) is 0 Å². The lowest BCUT2D eigenvalue weighted by atomic mass is 9.74. The van der Waals surface area contributed by atoms with Gasteiger partial charge in [-0.2, -0.15) is 0 Å². The molecule has 1 N–H and O–H groups in total. The number of hydrogen-bond acceptors (Lipinski definition) is 3. The maximum absolute atomic E-state index is 13.2. The molecule has 0 aromatic heterocycles. The second-order valence-corrected chi connectivity index (χ2v) is 9.28. The first-order valence-corrected chi connectivity index (χ1v) is 12.1. The van der Waals surface area contributed by atoms with Crippen molar-refractivity contribution in [2.75, 3.05) is 26.2 Å². The van der Waals surface area contributed by atoms with Gasteiger partial charge < -0.3 is 10.0 Å². The molecule has 3 aromatic rings. The van der Waals surface area contributed by atoms with E-state index >= 15 is 0 Å². The highest BCUT2D eigenvalue weighted by atomic mass is 16.3. The Balaban J connectivity index is 1.35. The summed E-state index contributed by atoms with van der Waals surface area (Å²) in [7, 11) is 0. The van der Waals surface area contributed by atoms with Crippen molar-refractivity contribution < 1.29 is 9.90 Å². The quantitative estimate of drug-likeness (QED) is 0.642. The molecule has 0 radical (unpaired) electrons. The number of rotatable bonds is 5. The van der Waals surface area contributed by atoms with Crippen molar-refractivity contribution >= 4 is 5.91 Å². The zero-order valence-corrected chi connectivity index (χ0v) is 19.0. The van der Waals surface area contributed by atoms with Gasteiger partial charge in [-0.1, -0.05) is 84.9 Å². The van der Waals surface area contributed by atoms with E-state index in [1.807, 2.05) is 36.4 Å². The Kier molecular flexibility index (Phi) is 6.56. The van der Waals surface area contributed by atoms with Crippen LogP contribution in [-0.2, 0) is 11.2 Å². The third-order valence-corrected chi connectivity index (χ3v) is 7.32. The van der Waals surface area contributed by atoms with Crippen LogP contribution in [0.15, 0.2) is 84.9 Å².